The van der Waals surface area contributed by atoms with Crippen molar-refractivity contribution >= 4 is 33.5 Å². The Labute approximate surface area is 193 Å². The van der Waals surface area contributed by atoms with Crippen LogP contribution in [0.1, 0.15) is 50.2 Å². The molecule has 5 heteroatoms. The van der Waals surface area contributed by atoms with Crippen molar-refractivity contribution in [2.75, 3.05) is 12.0 Å². The first-order chi connectivity index (χ1) is 15.0. The third-order valence-electron chi connectivity index (χ3n) is 5.65. The van der Waals surface area contributed by atoms with Crippen molar-refractivity contribution < 1.29 is 14.3 Å². The van der Waals surface area contributed by atoms with Crippen molar-refractivity contribution in [1.82, 2.24) is 0 Å². The summed E-state index contributed by atoms with van der Waals surface area (Å²) in [6, 6.07) is 15.7. The van der Waals surface area contributed by atoms with Crippen LogP contribution in [0.3, 0.4) is 0 Å². The van der Waals surface area contributed by atoms with Crippen molar-refractivity contribution in [3.8, 4) is 11.8 Å². The fraction of sp³-hybridized carbons (Fsp3) is 0.385. The van der Waals surface area contributed by atoms with E-state index in [1.54, 1.807) is 6.92 Å². The van der Waals surface area contributed by atoms with Gasteiger partial charge in [0, 0.05) is 21.6 Å². The molecule has 2 aromatic rings. The maximum absolute atomic E-state index is 13.5. The summed E-state index contributed by atoms with van der Waals surface area (Å²) in [5.74, 6) is 5.35. The number of nitrogens with zero attached hydrogens (tertiary/aromatic N) is 1. The molecule has 1 saturated carbocycles. The van der Waals surface area contributed by atoms with Crippen molar-refractivity contribution in [3.63, 3.8) is 0 Å². The SMILES string of the molecule is COC(=O)C(C)C#Cc1cccc(N(Cc2ccccc2Br)C(=O)C2CCCCC2)c1. The Bertz CT molecular complexity index is 985. The highest BCUT2D eigenvalue weighted by atomic mass is 79.9. The quantitative estimate of drug-likeness (QED) is 0.404. The molecule has 31 heavy (non-hydrogen) atoms. The topological polar surface area (TPSA) is 46.6 Å². The Hall–Kier alpha value is -2.58. The predicted molar refractivity (Wildman–Crippen MR) is 126 cm³/mol. The molecule has 1 atom stereocenters. The summed E-state index contributed by atoms with van der Waals surface area (Å²) in [5.41, 5.74) is 2.65. The largest absolute Gasteiger partial charge is 0.468 e. The Morgan fingerprint density at radius 2 is 1.87 bits per heavy atom. The van der Waals surface area contributed by atoms with Gasteiger partial charge in [0.15, 0.2) is 0 Å². The highest BCUT2D eigenvalue weighted by Crippen LogP contribution is 2.30. The minimum absolute atomic E-state index is 0.0605. The lowest BCUT2D eigenvalue weighted by atomic mass is 9.88. The van der Waals surface area contributed by atoms with Gasteiger partial charge in [-0.25, -0.2) is 0 Å². The molecule has 0 heterocycles. The normalized spacial score (nSPS) is 14.8. The second kappa shape index (κ2) is 11.2. The molecule has 1 aliphatic carbocycles. The molecule has 0 saturated heterocycles. The monoisotopic (exact) mass is 481 g/mol. The van der Waals surface area contributed by atoms with Gasteiger partial charge in [0.2, 0.25) is 5.91 Å². The zero-order valence-electron chi connectivity index (χ0n) is 18.1. The number of methoxy groups -OCH3 is 1. The van der Waals surface area contributed by atoms with Crippen molar-refractivity contribution in [1.29, 1.82) is 0 Å². The average Bonchev–Trinajstić information content (AvgIpc) is 2.81. The molecular weight excluding hydrogens is 454 g/mol. The van der Waals surface area contributed by atoms with Crippen LogP contribution in [-0.4, -0.2) is 19.0 Å². The Morgan fingerprint density at radius 3 is 2.58 bits per heavy atom. The zero-order valence-corrected chi connectivity index (χ0v) is 19.7. The van der Waals surface area contributed by atoms with Gasteiger partial charge in [-0.3, -0.25) is 9.59 Å². The van der Waals surface area contributed by atoms with Crippen LogP contribution in [0, 0.1) is 23.7 Å². The smallest absolute Gasteiger partial charge is 0.320 e. The molecule has 1 fully saturated rings. The summed E-state index contributed by atoms with van der Waals surface area (Å²) in [6.45, 7) is 2.21. The molecule has 162 valence electrons. The lowest BCUT2D eigenvalue weighted by Gasteiger charge is -2.30. The summed E-state index contributed by atoms with van der Waals surface area (Å²) in [5, 5.41) is 0. The number of ether oxygens (including phenoxy) is 1. The van der Waals surface area contributed by atoms with Crippen LogP contribution >= 0.6 is 15.9 Å². The van der Waals surface area contributed by atoms with E-state index in [2.05, 4.69) is 27.8 Å². The van der Waals surface area contributed by atoms with Crippen molar-refractivity contribution in [2.45, 2.75) is 45.6 Å². The number of carbonyl (C=O) groups excluding carboxylic acids is 2. The van der Waals surface area contributed by atoms with Crippen LogP contribution in [0.4, 0.5) is 5.69 Å². The molecule has 0 aliphatic heterocycles. The van der Waals surface area contributed by atoms with Gasteiger partial charge >= 0.3 is 5.97 Å². The molecule has 0 radical (unpaired) electrons. The number of halogens is 1. The summed E-state index contributed by atoms with van der Waals surface area (Å²) < 4.78 is 5.73. The first-order valence-electron chi connectivity index (χ1n) is 10.7. The zero-order chi connectivity index (χ0) is 22.2. The van der Waals surface area contributed by atoms with Crippen LogP contribution in [0.2, 0.25) is 0 Å². The lowest BCUT2D eigenvalue weighted by Crippen LogP contribution is -2.36. The summed E-state index contributed by atoms with van der Waals surface area (Å²) >= 11 is 3.61. The minimum Gasteiger partial charge on any atom is -0.468 e. The summed E-state index contributed by atoms with van der Waals surface area (Å²) in [4.78, 5) is 27.0. The maximum atomic E-state index is 13.5. The summed E-state index contributed by atoms with van der Waals surface area (Å²) in [7, 11) is 1.36. The van der Waals surface area contributed by atoms with Crippen LogP contribution in [0.25, 0.3) is 0 Å². The number of amides is 1. The molecule has 0 N–H and O–H groups in total. The van der Waals surface area contributed by atoms with E-state index in [-0.39, 0.29) is 17.8 Å². The molecule has 1 aliphatic rings. The Morgan fingerprint density at radius 1 is 1.13 bits per heavy atom. The van der Waals surface area contributed by atoms with Crippen molar-refractivity contribution in [3.05, 3.63) is 64.1 Å². The number of hydrogen-bond donors (Lipinski definition) is 0. The van der Waals surface area contributed by atoms with Gasteiger partial charge in [-0.1, -0.05) is 71.3 Å². The van der Waals surface area contributed by atoms with Crippen LogP contribution in [0.15, 0.2) is 53.0 Å². The van der Waals surface area contributed by atoms with Crippen LogP contribution in [-0.2, 0) is 20.9 Å². The average molecular weight is 482 g/mol. The molecule has 1 amide bonds. The highest BCUT2D eigenvalue weighted by Gasteiger charge is 2.27. The highest BCUT2D eigenvalue weighted by molar-refractivity contribution is 9.10. The molecular formula is C26H28BrNO3. The number of hydrogen-bond acceptors (Lipinski definition) is 3. The van der Waals surface area contributed by atoms with E-state index < -0.39 is 5.92 Å². The molecule has 0 spiro atoms. The number of anilines is 1. The van der Waals surface area contributed by atoms with Crippen LogP contribution < -0.4 is 4.90 Å². The number of benzene rings is 2. The second-order valence-corrected chi connectivity index (χ2v) is 8.77. The van der Waals surface area contributed by atoms with E-state index in [0.29, 0.717) is 6.54 Å². The fourth-order valence-electron chi connectivity index (χ4n) is 3.84. The fourth-order valence-corrected chi connectivity index (χ4v) is 4.25. The van der Waals surface area contributed by atoms with Gasteiger partial charge in [-0.2, -0.15) is 0 Å². The standard InChI is InChI=1S/C26H28BrNO3/c1-19(26(30)31-2)15-16-20-9-8-13-23(17-20)28(18-22-12-6-7-14-24(22)27)25(29)21-10-4-3-5-11-21/h6-9,12-14,17,19,21H,3-5,10-11,18H2,1-2H3. The third-order valence-corrected chi connectivity index (χ3v) is 6.43. The molecule has 1 unspecified atom stereocenters. The number of rotatable bonds is 5. The molecule has 3 rings (SSSR count). The third kappa shape index (κ3) is 6.21. The van der Waals surface area contributed by atoms with E-state index in [1.165, 1.54) is 13.5 Å². The second-order valence-electron chi connectivity index (χ2n) is 7.92. The minimum atomic E-state index is -0.506. The maximum Gasteiger partial charge on any atom is 0.320 e. The van der Waals surface area contributed by atoms with E-state index in [1.807, 2.05) is 53.4 Å². The van der Waals surface area contributed by atoms with Gasteiger partial charge in [0.1, 0.15) is 5.92 Å². The van der Waals surface area contributed by atoms with Gasteiger partial charge < -0.3 is 9.64 Å². The molecule has 4 nitrogen and oxygen atoms in total. The van der Waals surface area contributed by atoms with E-state index in [0.717, 1.165) is 47.0 Å². The van der Waals surface area contributed by atoms with Gasteiger partial charge in [0.05, 0.1) is 13.7 Å². The van der Waals surface area contributed by atoms with Gasteiger partial charge in [-0.15, -0.1) is 0 Å². The van der Waals surface area contributed by atoms with E-state index in [9.17, 15) is 9.59 Å². The van der Waals surface area contributed by atoms with Crippen molar-refractivity contribution in [2.24, 2.45) is 11.8 Å². The summed E-state index contributed by atoms with van der Waals surface area (Å²) in [6.07, 6.45) is 5.31. The van der Waals surface area contributed by atoms with Gasteiger partial charge in [-0.05, 0) is 49.6 Å². The predicted octanol–water partition coefficient (Wildman–Crippen LogP) is 5.72. The Kier molecular flexibility index (Phi) is 8.31. The first-order valence-corrected chi connectivity index (χ1v) is 11.5. The molecule has 0 aromatic heterocycles. The number of esters is 1. The number of carbonyl (C=O) groups is 2. The van der Waals surface area contributed by atoms with E-state index in [4.69, 9.17) is 4.74 Å². The Balaban J connectivity index is 1.91. The van der Waals surface area contributed by atoms with Crippen LogP contribution in [0.5, 0.6) is 0 Å². The molecule has 0 bridgehead atoms. The van der Waals surface area contributed by atoms with Gasteiger partial charge in [0.25, 0.3) is 0 Å². The first kappa shape index (κ1) is 23.1. The van der Waals surface area contributed by atoms with E-state index >= 15 is 0 Å². The molecule has 2 aromatic carbocycles. The lowest BCUT2D eigenvalue weighted by molar-refractivity contribution is -0.142.